The highest BCUT2D eigenvalue weighted by atomic mass is 32.2. The van der Waals surface area contributed by atoms with Gasteiger partial charge in [-0.1, -0.05) is 12.8 Å². The number of nitrogens with one attached hydrogen (secondary N) is 1. The van der Waals surface area contributed by atoms with E-state index in [1.54, 1.807) is 6.33 Å². The molecule has 1 N–H and O–H groups in total. The van der Waals surface area contributed by atoms with Gasteiger partial charge in [0, 0.05) is 25.2 Å². The molecule has 0 bridgehead atoms. The van der Waals surface area contributed by atoms with Crippen LogP contribution in [0.2, 0.25) is 0 Å². The topological polar surface area (TPSA) is 75.2 Å². The molecule has 2 aliphatic rings. The predicted octanol–water partition coefficient (Wildman–Crippen LogP) is 1.45. The van der Waals surface area contributed by atoms with Gasteiger partial charge in [0.1, 0.15) is 18.0 Å². The van der Waals surface area contributed by atoms with Gasteiger partial charge in [0.2, 0.25) is 0 Å². The molecule has 1 aromatic heterocycles. The molecule has 0 radical (unpaired) electrons. The van der Waals surface area contributed by atoms with Crippen molar-refractivity contribution in [1.82, 2.24) is 9.97 Å². The first kappa shape index (κ1) is 14.6. The quantitative estimate of drug-likeness (QED) is 0.907. The number of nitrogens with zero attached hydrogens (tertiary/aromatic N) is 3. The number of rotatable bonds is 4. The Balaban J connectivity index is 1.70. The summed E-state index contributed by atoms with van der Waals surface area (Å²) in [6.45, 7) is 0. The SMILES string of the molecule is CN(c1cc(NC2CCCC2)ncn1)C1CCS(=O)(=O)C1. The molecule has 7 heteroatoms. The van der Waals surface area contributed by atoms with E-state index in [9.17, 15) is 8.42 Å². The van der Waals surface area contributed by atoms with E-state index in [1.165, 1.54) is 25.7 Å². The standard InChI is InChI=1S/C14H22N4O2S/c1-18(12-6-7-21(19,20)9-12)14-8-13(15-10-16-14)17-11-4-2-3-5-11/h8,10-12H,2-7,9H2,1H3,(H,15,16,17). The Morgan fingerprint density at radius 2 is 2.00 bits per heavy atom. The molecule has 2 fully saturated rings. The van der Waals surface area contributed by atoms with Crippen LogP contribution in [0.3, 0.4) is 0 Å². The van der Waals surface area contributed by atoms with E-state index < -0.39 is 9.84 Å². The Kier molecular flexibility index (Phi) is 4.01. The van der Waals surface area contributed by atoms with Crippen LogP contribution in [0.5, 0.6) is 0 Å². The molecule has 1 unspecified atom stereocenters. The second-order valence-electron chi connectivity index (χ2n) is 6.05. The molecule has 116 valence electrons. The molecule has 1 aliphatic carbocycles. The number of hydrogen-bond acceptors (Lipinski definition) is 6. The molecule has 3 rings (SSSR count). The summed E-state index contributed by atoms with van der Waals surface area (Å²) in [7, 11) is -0.968. The molecular weight excluding hydrogens is 288 g/mol. The van der Waals surface area contributed by atoms with E-state index in [4.69, 9.17) is 0 Å². The van der Waals surface area contributed by atoms with Gasteiger partial charge in [0.15, 0.2) is 9.84 Å². The monoisotopic (exact) mass is 310 g/mol. The van der Waals surface area contributed by atoms with Crippen molar-refractivity contribution < 1.29 is 8.42 Å². The average molecular weight is 310 g/mol. The van der Waals surface area contributed by atoms with Crippen molar-refractivity contribution in [3.05, 3.63) is 12.4 Å². The number of hydrogen-bond donors (Lipinski definition) is 1. The largest absolute Gasteiger partial charge is 0.367 e. The highest BCUT2D eigenvalue weighted by Crippen LogP contribution is 2.25. The maximum absolute atomic E-state index is 11.6. The zero-order chi connectivity index (χ0) is 14.9. The minimum absolute atomic E-state index is 0.0178. The predicted molar refractivity (Wildman–Crippen MR) is 83.4 cm³/mol. The van der Waals surface area contributed by atoms with E-state index >= 15 is 0 Å². The van der Waals surface area contributed by atoms with Crippen molar-refractivity contribution in [1.29, 1.82) is 0 Å². The molecule has 1 aromatic rings. The first-order chi connectivity index (χ1) is 10.0. The van der Waals surface area contributed by atoms with Crippen LogP contribution in [0.25, 0.3) is 0 Å². The lowest BCUT2D eigenvalue weighted by molar-refractivity contribution is 0.600. The van der Waals surface area contributed by atoms with Gasteiger partial charge in [0.05, 0.1) is 11.5 Å². The molecule has 1 saturated heterocycles. The summed E-state index contributed by atoms with van der Waals surface area (Å²) in [5, 5.41) is 3.45. The highest BCUT2D eigenvalue weighted by molar-refractivity contribution is 7.91. The Hall–Kier alpha value is -1.37. The lowest BCUT2D eigenvalue weighted by Gasteiger charge is -2.25. The zero-order valence-electron chi connectivity index (χ0n) is 12.3. The van der Waals surface area contributed by atoms with Gasteiger partial charge in [-0.25, -0.2) is 18.4 Å². The normalized spacial score (nSPS) is 25.1. The summed E-state index contributed by atoms with van der Waals surface area (Å²) in [6.07, 6.45) is 7.15. The second-order valence-corrected chi connectivity index (χ2v) is 8.28. The van der Waals surface area contributed by atoms with Crippen molar-refractivity contribution in [2.75, 3.05) is 28.8 Å². The fourth-order valence-corrected chi connectivity index (χ4v) is 4.94. The van der Waals surface area contributed by atoms with Gasteiger partial charge in [0.25, 0.3) is 0 Å². The van der Waals surface area contributed by atoms with Crippen LogP contribution < -0.4 is 10.2 Å². The highest BCUT2D eigenvalue weighted by Gasteiger charge is 2.31. The van der Waals surface area contributed by atoms with E-state index in [2.05, 4.69) is 15.3 Å². The van der Waals surface area contributed by atoms with E-state index in [1.807, 2.05) is 18.0 Å². The van der Waals surface area contributed by atoms with Crippen LogP contribution in [0.4, 0.5) is 11.6 Å². The van der Waals surface area contributed by atoms with Crippen LogP contribution in [-0.2, 0) is 9.84 Å². The molecule has 6 nitrogen and oxygen atoms in total. The molecule has 21 heavy (non-hydrogen) atoms. The van der Waals surface area contributed by atoms with Gasteiger partial charge >= 0.3 is 0 Å². The van der Waals surface area contributed by atoms with Crippen LogP contribution >= 0.6 is 0 Å². The van der Waals surface area contributed by atoms with Crippen molar-refractivity contribution in [2.45, 2.75) is 44.2 Å². The maximum atomic E-state index is 11.6. The lowest BCUT2D eigenvalue weighted by atomic mass is 10.2. The molecule has 0 spiro atoms. The van der Waals surface area contributed by atoms with E-state index in [0.717, 1.165) is 11.6 Å². The third-order valence-electron chi connectivity index (χ3n) is 4.48. The minimum atomic E-state index is -2.88. The summed E-state index contributed by atoms with van der Waals surface area (Å²) in [5.74, 6) is 2.12. The molecule has 2 heterocycles. The summed E-state index contributed by atoms with van der Waals surface area (Å²) < 4.78 is 23.2. The molecule has 1 aliphatic heterocycles. The molecule has 0 amide bonds. The smallest absolute Gasteiger partial charge is 0.152 e. The fraction of sp³-hybridized carbons (Fsp3) is 0.714. The maximum Gasteiger partial charge on any atom is 0.152 e. The Morgan fingerprint density at radius 1 is 1.24 bits per heavy atom. The van der Waals surface area contributed by atoms with Gasteiger partial charge in [-0.15, -0.1) is 0 Å². The van der Waals surface area contributed by atoms with Gasteiger partial charge in [-0.2, -0.15) is 0 Å². The van der Waals surface area contributed by atoms with Crippen molar-refractivity contribution in [3.8, 4) is 0 Å². The number of sulfone groups is 1. The van der Waals surface area contributed by atoms with Crippen LogP contribution in [-0.4, -0.2) is 49.0 Å². The lowest BCUT2D eigenvalue weighted by Crippen LogP contribution is -2.33. The fourth-order valence-electron chi connectivity index (χ4n) is 3.17. The van der Waals surface area contributed by atoms with E-state index in [-0.39, 0.29) is 17.5 Å². The van der Waals surface area contributed by atoms with Gasteiger partial charge in [-0.3, -0.25) is 0 Å². The molecule has 1 saturated carbocycles. The number of anilines is 2. The minimum Gasteiger partial charge on any atom is -0.367 e. The van der Waals surface area contributed by atoms with Gasteiger partial charge < -0.3 is 10.2 Å². The summed E-state index contributed by atoms with van der Waals surface area (Å²) in [4.78, 5) is 10.5. The van der Waals surface area contributed by atoms with E-state index in [0.29, 0.717) is 12.5 Å². The Morgan fingerprint density at radius 3 is 2.67 bits per heavy atom. The first-order valence-electron chi connectivity index (χ1n) is 7.55. The zero-order valence-corrected chi connectivity index (χ0v) is 13.1. The summed E-state index contributed by atoms with van der Waals surface area (Å²) in [5.41, 5.74) is 0. The van der Waals surface area contributed by atoms with Crippen LogP contribution in [0.1, 0.15) is 32.1 Å². The Labute approximate surface area is 125 Å². The third-order valence-corrected chi connectivity index (χ3v) is 6.23. The van der Waals surface area contributed by atoms with Crippen LogP contribution in [0.15, 0.2) is 12.4 Å². The van der Waals surface area contributed by atoms with Crippen molar-refractivity contribution in [3.63, 3.8) is 0 Å². The summed E-state index contributed by atoms with van der Waals surface area (Å²) in [6, 6.07) is 2.44. The number of aromatic nitrogens is 2. The molecule has 0 aromatic carbocycles. The molecule has 1 atom stereocenters. The van der Waals surface area contributed by atoms with Crippen LogP contribution in [0, 0.1) is 0 Å². The van der Waals surface area contributed by atoms with Crippen molar-refractivity contribution >= 4 is 21.5 Å². The van der Waals surface area contributed by atoms with Crippen molar-refractivity contribution in [2.24, 2.45) is 0 Å². The second kappa shape index (κ2) is 5.79. The third kappa shape index (κ3) is 3.45. The summed E-state index contributed by atoms with van der Waals surface area (Å²) >= 11 is 0. The molecular formula is C14H22N4O2S. The average Bonchev–Trinajstić information content (AvgIpc) is 3.08. The first-order valence-corrected chi connectivity index (χ1v) is 9.37. The Bertz CT molecular complexity index is 599. The van der Waals surface area contributed by atoms with Gasteiger partial charge in [-0.05, 0) is 19.3 Å².